The smallest absolute Gasteiger partial charge is 0.255 e. The quantitative estimate of drug-likeness (QED) is 0.859. The lowest BCUT2D eigenvalue weighted by atomic mass is 9.96. The van der Waals surface area contributed by atoms with Crippen LogP contribution < -0.4 is 0 Å². The maximum atomic E-state index is 12.4. The molecular formula is C13H15BrClNO2. The summed E-state index contributed by atoms with van der Waals surface area (Å²) in [4.78, 5) is 14.1. The van der Waals surface area contributed by atoms with Crippen LogP contribution in [0.4, 0.5) is 0 Å². The minimum atomic E-state index is -0.303. The van der Waals surface area contributed by atoms with Crippen molar-refractivity contribution in [2.24, 2.45) is 5.92 Å². The highest BCUT2D eigenvalue weighted by Crippen LogP contribution is 2.25. The number of aliphatic hydroxyl groups is 1. The Hall–Kier alpha value is -0.580. The van der Waals surface area contributed by atoms with Crippen LogP contribution in [0.2, 0.25) is 5.02 Å². The van der Waals surface area contributed by atoms with E-state index in [0.29, 0.717) is 34.6 Å². The average molecular weight is 333 g/mol. The van der Waals surface area contributed by atoms with Crippen molar-refractivity contribution >= 4 is 33.4 Å². The Morgan fingerprint density at radius 2 is 2.28 bits per heavy atom. The van der Waals surface area contributed by atoms with Crippen LogP contribution in [-0.2, 0) is 0 Å². The molecule has 1 aliphatic heterocycles. The number of carbonyl (C=O) groups is 1. The van der Waals surface area contributed by atoms with Crippen molar-refractivity contribution in [2.75, 3.05) is 13.1 Å². The molecule has 1 N–H and O–H groups in total. The summed E-state index contributed by atoms with van der Waals surface area (Å²) in [5.41, 5.74) is 0.614. The number of benzene rings is 1. The van der Waals surface area contributed by atoms with Crippen molar-refractivity contribution in [3.8, 4) is 0 Å². The fourth-order valence-electron chi connectivity index (χ4n) is 2.15. The standard InChI is InChI=1S/C13H15BrClNO2/c1-8-7-16(5-4-12(8)17)13(18)10-3-2-9(15)6-11(10)14/h2-3,6,8,12,17H,4-5,7H2,1H3. The Kier molecular flexibility index (Phi) is 4.30. The number of hydrogen-bond acceptors (Lipinski definition) is 2. The molecule has 18 heavy (non-hydrogen) atoms. The highest BCUT2D eigenvalue weighted by Gasteiger charge is 2.28. The molecule has 1 fully saturated rings. The minimum absolute atomic E-state index is 0.0164. The van der Waals surface area contributed by atoms with Gasteiger partial charge < -0.3 is 10.0 Å². The van der Waals surface area contributed by atoms with Gasteiger partial charge in [0.15, 0.2) is 0 Å². The molecule has 1 aromatic carbocycles. The molecule has 1 aliphatic rings. The molecule has 1 aromatic rings. The van der Waals surface area contributed by atoms with Crippen LogP contribution in [0.3, 0.4) is 0 Å². The minimum Gasteiger partial charge on any atom is -0.393 e. The molecule has 0 radical (unpaired) electrons. The van der Waals surface area contributed by atoms with E-state index in [-0.39, 0.29) is 17.9 Å². The van der Waals surface area contributed by atoms with Crippen molar-refractivity contribution in [3.63, 3.8) is 0 Å². The monoisotopic (exact) mass is 331 g/mol. The third-order valence-electron chi connectivity index (χ3n) is 3.31. The number of nitrogens with zero attached hydrogens (tertiary/aromatic N) is 1. The Morgan fingerprint density at radius 1 is 1.56 bits per heavy atom. The zero-order valence-electron chi connectivity index (χ0n) is 10.1. The summed E-state index contributed by atoms with van der Waals surface area (Å²) in [5, 5.41) is 10.3. The second kappa shape index (κ2) is 5.59. The number of halogens is 2. The molecule has 2 unspecified atom stereocenters. The van der Waals surface area contributed by atoms with E-state index in [4.69, 9.17) is 11.6 Å². The van der Waals surface area contributed by atoms with E-state index in [1.807, 2.05) is 6.92 Å². The van der Waals surface area contributed by atoms with Crippen LogP contribution in [0.25, 0.3) is 0 Å². The van der Waals surface area contributed by atoms with Crippen molar-refractivity contribution < 1.29 is 9.90 Å². The summed E-state index contributed by atoms with van der Waals surface area (Å²) < 4.78 is 0.707. The third kappa shape index (κ3) is 2.87. The van der Waals surface area contributed by atoms with Crippen molar-refractivity contribution in [1.82, 2.24) is 4.90 Å². The van der Waals surface area contributed by atoms with Gasteiger partial charge in [0.05, 0.1) is 11.7 Å². The molecule has 5 heteroatoms. The zero-order valence-corrected chi connectivity index (χ0v) is 12.4. The van der Waals surface area contributed by atoms with Crippen LogP contribution >= 0.6 is 27.5 Å². The number of hydrogen-bond donors (Lipinski definition) is 1. The molecule has 3 nitrogen and oxygen atoms in total. The van der Waals surface area contributed by atoms with E-state index in [1.54, 1.807) is 23.1 Å². The lowest BCUT2D eigenvalue weighted by Crippen LogP contribution is -2.45. The lowest BCUT2D eigenvalue weighted by molar-refractivity contribution is 0.0297. The van der Waals surface area contributed by atoms with E-state index in [0.717, 1.165) is 0 Å². The first-order valence-electron chi connectivity index (χ1n) is 5.91. The van der Waals surface area contributed by atoms with Crippen molar-refractivity contribution in [1.29, 1.82) is 0 Å². The predicted molar refractivity (Wildman–Crippen MR) is 74.8 cm³/mol. The van der Waals surface area contributed by atoms with E-state index >= 15 is 0 Å². The first-order chi connectivity index (χ1) is 8.49. The molecule has 0 aromatic heterocycles. The molecule has 98 valence electrons. The van der Waals surface area contributed by atoms with Crippen LogP contribution in [0, 0.1) is 5.92 Å². The van der Waals surface area contributed by atoms with Gasteiger partial charge in [0.1, 0.15) is 0 Å². The van der Waals surface area contributed by atoms with Crippen LogP contribution in [0.15, 0.2) is 22.7 Å². The summed E-state index contributed by atoms with van der Waals surface area (Å²) in [6, 6.07) is 5.16. The van der Waals surface area contributed by atoms with Gasteiger partial charge in [-0.15, -0.1) is 0 Å². The topological polar surface area (TPSA) is 40.5 Å². The molecule has 0 saturated carbocycles. The van der Waals surface area contributed by atoms with Gasteiger partial charge in [-0.25, -0.2) is 0 Å². The maximum absolute atomic E-state index is 12.4. The molecular weight excluding hydrogens is 318 g/mol. The fourth-order valence-corrected chi connectivity index (χ4v) is 3.00. The first-order valence-corrected chi connectivity index (χ1v) is 7.08. The average Bonchev–Trinajstić information content (AvgIpc) is 2.32. The Labute approximate surface area is 120 Å². The van der Waals surface area contributed by atoms with Gasteiger partial charge in [0, 0.05) is 22.6 Å². The molecule has 1 saturated heterocycles. The Balaban J connectivity index is 2.16. The van der Waals surface area contributed by atoms with Gasteiger partial charge in [0.25, 0.3) is 5.91 Å². The Morgan fingerprint density at radius 3 is 2.89 bits per heavy atom. The van der Waals surface area contributed by atoms with Crippen molar-refractivity contribution in [3.05, 3.63) is 33.3 Å². The van der Waals surface area contributed by atoms with Gasteiger partial charge in [-0.05, 0) is 46.5 Å². The van der Waals surface area contributed by atoms with Gasteiger partial charge in [-0.3, -0.25) is 4.79 Å². The SMILES string of the molecule is CC1CN(C(=O)c2ccc(Cl)cc2Br)CCC1O. The molecule has 2 atom stereocenters. The second-order valence-electron chi connectivity index (χ2n) is 4.71. The first kappa shape index (κ1) is 13.8. The molecule has 0 spiro atoms. The highest BCUT2D eigenvalue weighted by atomic mass is 79.9. The summed E-state index contributed by atoms with van der Waals surface area (Å²) in [6.07, 6.45) is 0.334. The van der Waals surface area contributed by atoms with Gasteiger partial charge in [0.2, 0.25) is 0 Å². The highest BCUT2D eigenvalue weighted by molar-refractivity contribution is 9.10. The Bertz CT molecular complexity index is 466. The zero-order chi connectivity index (χ0) is 13.3. The van der Waals surface area contributed by atoms with Gasteiger partial charge in [-0.2, -0.15) is 0 Å². The number of piperidine rings is 1. The van der Waals surface area contributed by atoms with Crippen LogP contribution in [0.1, 0.15) is 23.7 Å². The fraction of sp³-hybridized carbons (Fsp3) is 0.462. The summed E-state index contributed by atoms with van der Waals surface area (Å²) in [7, 11) is 0. The summed E-state index contributed by atoms with van der Waals surface area (Å²) in [5.74, 6) is 0.103. The molecule has 1 heterocycles. The number of aliphatic hydroxyl groups excluding tert-OH is 1. The van der Waals surface area contributed by atoms with Crippen LogP contribution in [-0.4, -0.2) is 35.1 Å². The number of carbonyl (C=O) groups excluding carboxylic acids is 1. The summed E-state index contributed by atoms with van der Waals surface area (Å²) in [6.45, 7) is 3.15. The number of likely N-dealkylation sites (tertiary alicyclic amines) is 1. The molecule has 2 rings (SSSR count). The van der Waals surface area contributed by atoms with E-state index in [9.17, 15) is 9.90 Å². The van der Waals surface area contributed by atoms with Gasteiger partial charge >= 0.3 is 0 Å². The third-order valence-corrected chi connectivity index (χ3v) is 4.20. The van der Waals surface area contributed by atoms with Gasteiger partial charge in [-0.1, -0.05) is 18.5 Å². The maximum Gasteiger partial charge on any atom is 0.255 e. The predicted octanol–water partition coefficient (Wildman–Crippen LogP) is 2.95. The van der Waals surface area contributed by atoms with Crippen LogP contribution in [0.5, 0.6) is 0 Å². The molecule has 0 bridgehead atoms. The number of rotatable bonds is 1. The second-order valence-corrected chi connectivity index (χ2v) is 6.00. The number of amides is 1. The normalized spacial score (nSPS) is 24.1. The molecule has 1 amide bonds. The van der Waals surface area contributed by atoms with E-state index in [1.165, 1.54) is 0 Å². The lowest BCUT2D eigenvalue weighted by Gasteiger charge is -2.34. The van der Waals surface area contributed by atoms with E-state index < -0.39 is 0 Å². The summed E-state index contributed by atoms with van der Waals surface area (Å²) >= 11 is 9.22. The van der Waals surface area contributed by atoms with E-state index in [2.05, 4.69) is 15.9 Å². The van der Waals surface area contributed by atoms with Crippen molar-refractivity contribution in [2.45, 2.75) is 19.4 Å². The largest absolute Gasteiger partial charge is 0.393 e. The molecule has 0 aliphatic carbocycles.